The topological polar surface area (TPSA) is 58.2 Å². The van der Waals surface area contributed by atoms with Gasteiger partial charge in [0.15, 0.2) is 0 Å². The van der Waals surface area contributed by atoms with Crippen LogP contribution in [0.15, 0.2) is 24.3 Å². The van der Waals surface area contributed by atoms with E-state index >= 15 is 0 Å². The summed E-state index contributed by atoms with van der Waals surface area (Å²) in [4.78, 5) is 24.3. The Balaban J connectivity index is 2.49. The van der Waals surface area contributed by atoms with Crippen LogP contribution in [0.5, 0.6) is 0 Å². The van der Waals surface area contributed by atoms with Gasteiger partial charge in [0, 0.05) is 12.6 Å². The average Bonchev–Trinajstić information content (AvgIpc) is 2.48. The third-order valence-electron chi connectivity index (χ3n) is 3.74. The second-order valence-corrected chi connectivity index (χ2v) is 6.04. The smallest absolute Gasteiger partial charge is 0.235 e. The molecule has 22 heavy (non-hydrogen) atoms. The Hall–Kier alpha value is -1.91. The predicted molar refractivity (Wildman–Crippen MR) is 84.8 cm³/mol. The molecule has 4 nitrogen and oxygen atoms in total. The fourth-order valence-electron chi connectivity index (χ4n) is 1.80. The number of nitrogens with one attached hydrogen (secondary N) is 2. The maximum atomic E-state index is 12.8. The van der Waals surface area contributed by atoms with Gasteiger partial charge >= 0.3 is 0 Å². The standard InChI is InChI=1S/C17H25FN2O2/c1-5-12(2)20-16(22)17(3,4)15(21)19-11-10-13-6-8-14(18)9-7-13/h6-9,12H,5,10-11H2,1-4H3,(H,19,21)(H,20,22). The summed E-state index contributed by atoms with van der Waals surface area (Å²) >= 11 is 0. The molecule has 5 heteroatoms. The van der Waals surface area contributed by atoms with Crippen LogP contribution in [0.1, 0.15) is 39.7 Å². The Morgan fingerprint density at radius 3 is 2.32 bits per heavy atom. The molecule has 0 spiro atoms. The minimum absolute atomic E-state index is 0.0405. The molecule has 0 aromatic heterocycles. The molecule has 0 bridgehead atoms. The van der Waals surface area contributed by atoms with Gasteiger partial charge in [-0.05, 0) is 51.3 Å². The van der Waals surface area contributed by atoms with Gasteiger partial charge in [-0.3, -0.25) is 9.59 Å². The summed E-state index contributed by atoms with van der Waals surface area (Å²) in [6.45, 7) is 7.50. The van der Waals surface area contributed by atoms with Crippen LogP contribution in [-0.2, 0) is 16.0 Å². The Labute approximate surface area is 131 Å². The number of hydrogen-bond donors (Lipinski definition) is 2. The number of halogens is 1. The molecule has 1 atom stereocenters. The maximum Gasteiger partial charge on any atom is 0.235 e. The molecule has 0 saturated heterocycles. The largest absolute Gasteiger partial charge is 0.355 e. The number of amides is 2. The summed E-state index contributed by atoms with van der Waals surface area (Å²) in [5.74, 6) is -0.868. The summed E-state index contributed by atoms with van der Waals surface area (Å²) in [5, 5.41) is 5.59. The Morgan fingerprint density at radius 1 is 1.18 bits per heavy atom. The van der Waals surface area contributed by atoms with Gasteiger partial charge in [0.05, 0.1) is 0 Å². The molecule has 0 aliphatic heterocycles. The summed E-state index contributed by atoms with van der Waals surface area (Å²) in [6.07, 6.45) is 1.41. The van der Waals surface area contributed by atoms with E-state index in [0.29, 0.717) is 13.0 Å². The van der Waals surface area contributed by atoms with Crippen molar-refractivity contribution in [2.24, 2.45) is 5.41 Å². The van der Waals surface area contributed by atoms with Gasteiger partial charge in [-0.1, -0.05) is 19.1 Å². The van der Waals surface area contributed by atoms with E-state index in [9.17, 15) is 14.0 Å². The van der Waals surface area contributed by atoms with E-state index < -0.39 is 5.41 Å². The molecule has 0 saturated carbocycles. The molecule has 0 heterocycles. The summed E-state index contributed by atoms with van der Waals surface area (Å²) in [6, 6.07) is 6.19. The normalized spacial score (nSPS) is 12.6. The molecule has 0 aliphatic rings. The highest BCUT2D eigenvalue weighted by Gasteiger charge is 2.36. The minimum atomic E-state index is -1.12. The van der Waals surface area contributed by atoms with Gasteiger partial charge in [0.2, 0.25) is 11.8 Å². The van der Waals surface area contributed by atoms with Crippen molar-refractivity contribution in [2.75, 3.05) is 6.54 Å². The molecular weight excluding hydrogens is 283 g/mol. The first-order valence-corrected chi connectivity index (χ1v) is 7.61. The van der Waals surface area contributed by atoms with E-state index in [-0.39, 0.29) is 23.7 Å². The molecule has 1 unspecified atom stereocenters. The van der Waals surface area contributed by atoms with Crippen molar-refractivity contribution >= 4 is 11.8 Å². The van der Waals surface area contributed by atoms with E-state index in [1.807, 2.05) is 13.8 Å². The molecule has 0 aliphatic carbocycles. The third kappa shape index (κ3) is 5.13. The van der Waals surface area contributed by atoms with Crippen LogP contribution in [-0.4, -0.2) is 24.4 Å². The van der Waals surface area contributed by atoms with E-state index in [2.05, 4.69) is 10.6 Å². The maximum absolute atomic E-state index is 12.8. The van der Waals surface area contributed by atoms with Crippen LogP contribution in [0.4, 0.5) is 4.39 Å². The van der Waals surface area contributed by atoms with Gasteiger partial charge in [-0.15, -0.1) is 0 Å². The number of hydrogen-bond acceptors (Lipinski definition) is 2. The lowest BCUT2D eigenvalue weighted by Crippen LogP contribution is -2.50. The summed E-state index contributed by atoms with van der Waals surface area (Å²) in [7, 11) is 0. The van der Waals surface area contributed by atoms with E-state index in [4.69, 9.17) is 0 Å². The van der Waals surface area contributed by atoms with Crippen molar-refractivity contribution in [3.8, 4) is 0 Å². The van der Waals surface area contributed by atoms with Crippen molar-refractivity contribution in [1.82, 2.24) is 10.6 Å². The monoisotopic (exact) mass is 308 g/mol. The lowest BCUT2D eigenvalue weighted by Gasteiger charge is -2.24. The molecule has 0 radical (unpaired) electrons. The summed E-state index contributed by atoms with van der Waals surface area (Å²) in [5.41, 5.74) is -0.185. The van der Waals surface area contributed by atoms with Crippen LogP contribution >= 0.6 is 0 Å². The second kappa shape index (κ2) is 7.92. The van der Waals surface area contributed by atoms with Crippen molar-refractivity contribution in [2.45, 2.75) is 46.6 Å². The Bertz CT molecular complexity index is 512. The predicted octanol–water partition coefficient (Wildman–Crippen LogP) is 2.43. The van der Waals surface area contributed by atoms with Crippen LogP contribution in [0.2, 0.25) is 0 Å². The molecule has 122 valence electrons. The fraction of sp³-hybridized carbons (Fsp3) is 0.529. The number of carbonyl (C=O) groups is 2. The Morgan fingerprint density at radius 2 is 1.77 bits per heavy atom. The van der Waals surface area contributed by atoms with E-state index in [1.165, 1.54) is 12.1 Å². The molecule has 0 fully saturated rings. The fourth-order valence-corrected chi connectivity index (χ4v) is 1.80. The van der Waals surface area contributed by atoms with Crippen LogP contribution < -0.4 is 10.6 Å². The van der Waals surface area contributed by atoms with Crippen molar-refractivity contribution in [1.29, 1.82) is 0 Å². The highest BCUT2D eigenvalue weighted by molar-refractivity contribution is 6.04. The Kier molecular flexibility index (Phi) is 6.53. The third-order valence-corrected chi connectivity index (χ3v) is 3.74. The first-order chi connectivity index (χ1) is 10.3. The lowest BCUT2D eigenvalue weighted by atomic mass is 9.90. The highest BCUT2D eigenvalue weighted by atomic mass is 19.1. The lowest BCUT2D eigenvalue weighted by molar-refractivity contribution is -0.141. The second-order valence-electron chi connectivity index (χ2n) is 6.04. The van der Waals surface area contributed by atoms with Crippen molar-refractivity contribution in [3.63, 3.8) is 0 Å². The number of rotatable bonds is 7. The number of benzene rings is 1. The molecule has 1 aromatic rings. The molecule has 2 amide bonds. The minimum Gasteiger partial charge on any atom is -0.355 e. The zero-order chi connectivity index (χ0) is 16.8. The summed E-state index contributed by atoms with van der Waals surface area (Å²) < 4.78 is 12.8. The van der Waals surface area contributed by atoms with Gasteiger partial charge in [-0.25, -0.2) is 4.39 Å². The van der Waals surface area contributed by atoms with Gasteiger partial charge in [0.25, 0.3) is 0 Å². The number of carbonyl (C=O) groups excluding carboxylic acids is 2. The first-order valence-electron chi connectivity index (χ1n) is 7.61. The molecule has 2 N–H and O–H groups in total. The van der Waals surface area contributed by atoms with E-state index in [0.717, 1.165) is 12.0 Å². The van der Waals surface area contributed by atoms with Gasteiger partial charge in [-0.2, -0.15) is 0 Å². The highest BCUT2D eigenvalue weighted by Crippen LogP contribution is 2.16. The van der Waals surface area contributed by atoms with Crippen LogP contribution in [0.25, 0.3) is 0 Å². The molecular formula is C17H25FN2O2. The quantitative estimate of drug-likeness (QED) is 0.760. The zero-order valence-electron chi connectivity index (χ0n) is 13.7. The average molecular weight is 308 g/mol. The molecule has 1 rings (SSSR count). The zero-order valence-corrected chi connectivity index (χ0v) is 13.7. The molecule has 1 aromatic carbocycles. The first kappa shape index (κ1) is 18.1. The van der Waals surface area contributed by atoms with Crippen molar-refractivity contribution in [3.05, 3.63) is 35.6 Å². The van der Waals surface area contributed by atoms with Crippen LogP contribution in [0, 0.1) is 11.2 Å². The SMILES string of the molecule is CCC(C)NC(=O)C(C)(C)C(=O)NCCc1ccc(F)cc1. The van der Waals surface area contributed by atoms with Crippen LogP contribution in [0.3, 0.4) is 0 Å². The van der Waals surface area contributed by atoms with Gasteiger partial charge in [0.1, 0.15) is 11.2 Å². The van der Waals surface area contributed by atoms with E-state index in [1.54, 1.807) is 26.0 Å². The van der Waals surface area contributed by atoms with Crippen molar-refractivity contribution < 1.29 is 14.0 Å². The van der Waals surface area contributed by atoms with Gasteiger partial charge < -0.3 is 10.6 Å².